The van der Waals surface area contributed by atoms with Crippen molar-refractivity contribution in [2.75, 3.05) is 0 Å². The van der Waals surface area contributed by atoms with Crippen LogP contribution in [0.3, 0.4) is 0 Å². The van der Waals surface area contributed by atoms with Crippen LogP contribution in [0.25, 0.3) is 22.5 Å². The zero-order valence-corrected chi connectivity index (χ0v) is 12.7. The van der Waals surface area contributed by atoms with Gasteiger partial charge in [-0.3, -0.25) is 0 Å². The molecule has 0 aliphatic heterocycles. The Balaban J connectivity index is 1.75. The summed E-state index contributed by atoms with van der Waals surface area (Å²) in [6, 6.07) is 20.4. The van der Waals surface area contributed by atoms with E-state index < -0.39 is 0 Å². The molecule has 0 atom stereocenters. The molecule has 0 saturated heterocycles. The topological polar surface area (TPSA) is 24.7 Å². The van der Waals surface area contributed by atoms with Gasteiger partial charge in [0.05, 0.1) is 11.4 Å². The highest BCUT2D eigenvalue weighted by Gasteiger charge is 2.15. The first-order valence-electron chi connectivity index (χ1n) is 6.72. The van der Waals surface area contributed by atoms with Crippen LogP contribution in [-0.4, -0.2) is 0 Å². The van der Waals surface area contributed by atoms with Gasteiger partial charge in [0, 0.05) is 10.0 Å². The molecular formula is C18H11BrN2. The van der Waals surface area contributed by atoms with Crippen LogP contribution in [0, 0.1) is 0 Å². The molecule has 21 heavy (non-hydrogen) atoms. The lowest BCUT2D eigenvalue weighted by Gasteiger charge is -2.01. The Morgan fingerprint density at radius 3 is 2.33 bits per heavy atom. The second-order valence-electron chi connectivity index (χ2n) is 4.96. The monoisotopic (exact) mass is 334 g/mol. The number of halogens is 1. The van der Waals surface area contributed by atoms with Crippen LogP contribution in [0.5, 0.6) is 0 Å². The fourth-order valence-electron chi connectivity index (χ4n) is 2.63. The van der Waals surface area contributed by atoms with Crippen molar-refractivity contribution in [1.82, 2.24) is 0 Å². The van der Waals surface area contributed by atoms with Gasteiger partial charge in [0.15, 0.2) is 0 Å². The summed E-state index contributed by atoms with van der Waals surface area (Å²) in [5.74, 6) is 0. The molecule has 100 valence electrons. The van der Waals surface area contributed by atoms with E-state index in [4.69, 9.17) is 0 Å². The summed E-state index contributed by atoms with van der Waals surface area (Å²) in [6.07, 6.45) is 2.10. The average Bonchev–Trinajstić information content (AvgIpc) is 2.88. The first kappa shape index (κ1) is 12.5. The molecule has 0 spiro atoms. The second-order valence-corrected chi connectivity index (χ2v) is 5.87. The maximum atomic E-state index is 4.43. The lowest BCUT2D eigenvalue weighted by Crippen LogP contribution is -1.79. The van der Waals surface area contributed by atoms with Crippen molar-refractivity contribution >= 4 is 44.2 Å². The standard InChI is InChI=1S/C18H11BrN2/c19-14-7-9-15(10-8-14)20-21-17-11-13-5-1-3-12-4-2-6-16(17)18(12)13/h1-11H. The van der Waals surface area contributed by atoms with Gasteiger partial charge in [0.1, 0.15) is 0 Å². The Labute approximate surface area is 131 Å². The molecule has 0 saturated carbocycles. The summed E-state index contributed by atoms with van der Waals surface area (Å²) in [4.78, 5) is 0. The van der Waals surface area contributed by atoms with E-state index in [0.717, 1.165) is 21.4 Å². The van der Waals surface area contributed by atoms with Crippen LogP contribution >= 0.6 is 15.9 Å². The van der Waals surface area contributed by atoms with Crippen molar-refractivity contribution in [1.29, 1.82) is 0 Å². The maximum Gasteiger partial charge on any atom is 0.0941 e. The molecule has 0 radical (unpaired) electrons. The van der Waals surface area contributed by atoms with Crippen LogP contribution in [0.2, 0.25) is 0 Å². The third-order valence-corrected chi connectivity index (χ3v) is 4.13. The summed E-state index contributed by atoms with van der Waals surface area (Å²) in [5, 5.41) is 11.3. The van der Waals surface area contributed by atoms with Gasteiger partial charge in [-0.1, -0.05) is 52.3 Å². The lowest BCUT2D eigenvalue weighted by molar-refractivity contribution is 1.25. The molecule has 0 aromatic heterocycles. The van der Waals surface area contributed by atoms with Crippen molar-refractivity contribution < 1.29 is 0 Å². The van der Waals surface area contributed by atoms with Crippen molar-refractivity contribution in [2.45, 2.75) is 0 Å². The zero-order valence-electron chi connectivity index (χ0n) is 11.1. The molecule has 0 unspecified atom stereocenters. The van der Waals surface area contributed by atoms with Gasteiger partial charge in [0.25, 0.3) is 0 Å². The predicted octanol–water partition coefficient (Wildman–Crippen LogP) is 6.20. The number of azo groups is 1. The quantitative estimate of drug-likeness (QED) is 0.498. The number of nitrogens with zero attached hydrogens (tertiary/aromatic N) is 2. The summed E-state index contributed by atoms with van der Waals surface area (Å²) >= 11 is 3.42. The Bertz CT molecular complexity index is 887. The average molecular weight is 335 g/mol. The van der Waals surface area contributed by atoms with E-state index in [2.05, 4.69) is 68.6 Å². The number of hydrogen-bond donors (Lipinski definition) is 0. The smallest absolute Gasteiger partial charge is 0.0941 e. The maximum absolute atomic E-state index is 4.43. The van der Waals surface area contributed by atoms with Crippen molar-refractivity contribution in [3.63, 3.8) is 0 Å². The summed E-state index contributed by atoms with van der Waals surface area (Å²) in [5.41, 5.74) is 4.14. The van der Waals surface area contributed by atoms with Gasteiger partial charge in [-0.2, -0.15) is 5.11 Å². The highest BCUT2D eigenvalue weighted by Crippen LogP contribution is 2.37. The van der Waals surface area contributed by atoms with Crippen LogP contribution < -0.4 is 0 Å². The summed E-state index contributed by atoms with van der Waals surface area (Å²) in [6.45, 7) is 0. The fraction of sp³-hybridized carbons (Fsp3) is 0. The lowest BCUT2D eigenvalue weighted by atomic mass is 10.0. The molecule has 0 bridgehead atoms. The van der Waals surface area contributed by atoms with Crippen LogP contribution in [-0.2, 0) is 0 Å². The highest BCUT2D eigenvalue weighted by atomic mass is 79.9. The van der Waals surface area contributed by atoms with Crippen molar-refractivity contribution in [2.24, 2.45) is 10.2 Å². The number of benzene rings is 3. The zero-order chi connectivity index (χ0) is 14.2. The number of rotatable bonds is 2. The molecule has 1 aliphatic carbocycles. The van der Waals surface area contributed by atoms with Gasteiger partial charge in [-0.15, -0.1) is 5.11 Å². The fourth-order valence-corrected chi connectivity index (χ4v) is 2.90. The Morgan fingerprint density at radius 2 is 1.52 bits per heavy atom. The predicted molar refractivity (Wildman–Crippen MR) is 90.5 cm³/mol. The molecule has 3 heteroatoms. The third kappa shape index (κ3) is 2.20. The van der Waals surface area contributed by atoms with Gasteiger partial charge < -0.3 is 0 Å². The van der Waals surface area contributed by atoms with Gasteiger partial charge in [0.2, 0.25) is 0 Å². The first-order chi connectivity index (χ1) is 10.3. The minimum Gasteiger partial charge on any atom is -0.151 e. The van der Waals surface area contributed by atoms with Crippen molar-refractivity contribution in [3.05, 3.63) is 76.3 Å². The summed E-state index contributed by atoms with van der Waals surface area (Å²) < 4.78 is 1.04. The first-order valence-corrected chi connectivity index (χ1v) is 7.52. The Hall–Kier alpha value is -2.26. The van der Waals surface area contributed by atoms with Crippen LogP contribution in [0.4, 0.5) is 5.69 Å². The molecule has 0 amide bonds. The minimum absolute atomic E-state index is 0.849. The highest BCUT2D eigenvalue weighted by molar-refractivity contribution is 9.10. The van der Waals surface area contributed by atoms with E-state index in [9.17, 15) is 0 Å². The van der Waals surface area contributed by atoms with E-state index in [0.29, 0.717) is 0 Å². The second kappa shape index (κ2) is 4.93. The third-order valence-electron chi connectivity index (χ3n) is 3.60. The van der Waals surface area contributed by atoms with Gasteiger partial charge >= 0.3 is 0 Å². The molecule has 0 heterocycles. The molecule has 3 aromatic rings. The van der Waals surface area contributed by atoms with E-state index >= 15 is 0 Å². The molecular weight excluding hydrogens is 324 g/mol. The molecule has 3 aromatic carbocycles. The van der Waals surface area contributed by atoms with E-state index in [1.165, 1.54) is 16.3 Å². The normalized spacial score (nSPS) is 13.1. The van der Waals surface area contributed by atoms with E-state index in [1.54, 1.807) is 0 Å². The minimum atomic E-state index is 0.849. The molecule has 4 rings (SSSR count). The molecule has 0 fully saturated rings. The Morgan fingerprint density at radius 1 is 0.762 bits per heavy atom. The largest absolute Gasteiger partial charge is 0.151 e. The molecule has 1 aliphatic rings. The molecule has 0 N–H and O–H groups in total. The molecule has 2 nitrogen and oxygen atoms in total. The van der Waals surface area contributed by atoms with Gasteiger partial charge in [-0.05, 0) is 46.7 Å². The van der Waals surface area contributed by atoms with E-state index in [-0.39, 0.29) is 0 Å². The van der Waals surface area contributed by atoms with Gasteiger partial charge in [-0.25, -0.2) is 0 Å². The van der Waals surface area contributed by atoms with Crippen LogP contribution in [0.15, 0.2) is 75.4 Å². The SMILES string of the molecule is Brc1ccc(N=NC2=Cc3cccc4cccc2c34)cc1. The van der Waals surface area contributed by atoms with Crippen molar-refractivity contribution in [3.8, 4) is 0 Å². The van der Waals surface area contributed by atoms with E-state index in [1.807, 2.05) is 24.3 Å². The van der Waals surface area contributed by atoms with Crippen LogP contribution in [0.1, 0.15) is 11.1 Å². The summed E-state index contributed by atoms with van der Waals surface area (Å²) in [7, 11) is 0. The number of hydrogen-bond acceptors (Lipinski definition) is 2. The Kier molecular flexibility index (Phi) is 2.93.